The summed E-state index contributed by atoms with van der Waals surface area (Å²) in [5, 5.41) is 5.45. The quantitative estimate of drug-likeness (QED) is 0.185. The van der Waals surface area contributed by atoms with Crippen LogP contribution in [-0.4, -0.2) is 43.9 Å². The third kappa shape index (κ3) is 7.48. The second-order valence-corrected chi connectivity index (χ2v) is 8.84. The molecule has 212 valence electrons. The van der Waals surface area contributed by atoms with E-state index >= 15 is 0 Å². The van der Waals surface area contributed by atoms with E-state index in [-0.39, 0.29) is 11.5 Å². The highest BCUT2D eigenvalue weighted by Crippen LogP contribution is 2.35. The molecule has 3 aromatic carbocycles. The lowest BCUT2D eigenvalue weighted by Crippen LogP contribution is -2.30. The predicted octanol–water partition coefficient (Wildman–Crippen LogP) is 5.41. The largest absolute Gasteiger partial charge is 0.496 e. The Morgan fingerprint density at radius 3 is 2.10 bits per heavy atom. The van der Waals surface area contributed by atoms with E-state index in [2.05, 4.69) is 15.6 Å². The number of amides is 2. The molecule has 0 unspecified atom stereocenters. The number of allylic oxidation sites excluding steroid dienone is 1. The van der Waals surface area contributed by atoms with E-state index in [0.29, 0.717) is 45.2 Å². The number of rotatable bonds is 11. The van der Waals surface area contributed by atoms with Crippen molar-refractivity contribution in [1.29, 1.82) is 0 Å². The predicted molar refractivity (Wildman–Crippen MR) is 161 cm³/mol. The van der Waals surface area contributed by atoms with Crippen molar-refractivity contribution in [2.24, 2.45) is 0 Å². The Hall–Kier alpha value is -5.70. The standard InChI is InChI=1S/C33H29N3O6/c1-40-29-20-31(42-3)30(41-2)19-25(29)13-16-28(37)23-11-14-26(15-12-23)35-33(39)27(18-22-8-7-17-34-21-22)36-32(38)24-9-5-4-6-10-24/h4-21H,1-3H3,(H,35,39)(H,36,38)/b16-13+,27-18-. The normalized spacial score (nSPS) is 11.1. The summed E-state index contributed by atoms with van der Waals surface area (Å²) >= 11 is 0. The average Bonchev–Trinajstić information content (AvgIpc) is 3.04. The summed E-state index contributed by atoms with van der Waals surface area (Å²) in [6.45, 7) is 0. The zero-order valence-electron chi connectivity index (χ0n) is 23.3. The molecule has 0 spiro atoms. The first-order valence-corrected chi connectivity index (χ1v) is 12.8. The molecule has 4 rings (SSSR count). The number of aromatic nitrogens is 1. The Balaban J connectivity index is 1.49. The molecular weight excluding hydrogens is 534 g/mol. The number of hydrogen-bond donors (Lipinski definition) is 2. The van der Waals surface area contributed by atoms with Gasteiger partial charge in [0.15, 0.2) is 17.3 Å². The van der Waals surface area contributed by atoms with E-state index < -0.39 is 11.8 Å². The number of methoxy groups -OCH3 is 3. The highest BCUT2D eigenvalue weighted by molar-refractivity contribution is 6.11. The van der Waals surface area contributed by atoms with Crippen molar-refractivity contribution >= 4 is 35.4 Å². The van der Waals surface area contributed by atoms with Gasteiger partial charge in [0.25, 0.3) is 11.8 Å². The Morgan fingerprint density at radius 2 is 1.45 bits per heavy atom. The van der Waals surface area contributed by atoms with Gasteiger partial charge < -0.3 is 24.8 Å². The van der Waals surface area contributed by atoms with Crippen LogP contribution in [0.3, 0.4) is 0 Å². The van der Waals surface area contributed by atoms with Crippen LogP contribution in [0.5, 0.6) is 17.2 Å². The average molecular weight is 564 g/mol. The topological polar surface area (TPSA) is 116 Å². The smallest absolute Gasteiger partial charge is 0.272 e. The van der Waals surface area contributed by atoms with Gasteiger partial charge in [-0.15, -0.1) is 0 Å². The summed E-state index contributed by atoms with van der Waals surface area (Å²) in [5.74, 6) is 0.305. The monoisotopic (exact) mass is 563 g/mol. The van der Waals surface area contributed by atoms with Gasteiger partial charge >= 0.3 is 0 Å². The molecule has 0 aliphatic carbocycles. The van der Waals surface area contributed by atoms with E-state index in [1.807, 2.05) is 0 Å². The minimum atomic E-state index is -0.539. The molecule has 0 bridgehead atoms. The lowest BCUT2D eigenvalue weighted by atomic mass is 10.1. The fraction of sp³-hybridized carbons (Fsp3) is 0.0909. The van der Waals surface area contributed by atoms with Crippen LogP contribution in [0.4, 0.5) is 5.69 Å². The Kier molecular flexibility index (Phi) is 9.82. The van der Waals surface area contributed by atoms with E-state index in [9.17, 15) is 14.4 Å². The molecule has 0 aliphatic rings. The third-order valence-electron chi connectivity index (χ3n) is 6.10. The van der Waals surface area contributed by atoms with Crippen LogP contribution >= 0.6 is 0 Å². The van der Waals surface area contributed by atoms with Gasteiger partial charge in [0.05, 0.1) is 21.3 Å². The molecule has 0 saturated heterocycles. The van der Waals surface area contributed by atoms with Crippen molar-refractivity contribution in [3.8, 4) is 17.2 Å². The highest BCUT2D eigenvalue weighted by Gasteiger charge is 2.16. The molecule has 0 radical (unpaired) electrons. The van der Waals surface area contributed by atoms with Crippen molar-refractivity contribution in [1.82, 2.24) is 10.3 Å². The molecule has 4 aromatic rings. The maximum absolute atomic E-state index is 13.2. The maximum atomic E-state index is 13.2. The number of ketones is 1. The Labute approximate surface area is 243 Å². The molecule has 2 amide bonds. The first kappa shape index (κ1) is 29.3. The fourth-order valence-electron chi connectivity index (χ4n) is 3.93. The number of anilines is 1. The number of carbonyl (C=O) groups excluding carboxylic acids is 3. The SMILES string of the molecule is COc1cc(OC)c(OC)cc1/C=C/C(=O)c1ccc(NC(=O)/C(=C/c2cccnc2)NC(=O)c2ccccc2)cc1. The molecule has 2 N–H and O–H groups in total. The maximum Gasteiger partial charge on any atom is 0.272 e. The van der Waals surface area contributed by atoms with E-state index in [1.54, 1.807) is 97.3 Å². The van der Waals surface area contributed by atoms with Gasteiger partial charge in [0.2, 0.25) is 0 Å². The summed E-state index contributed by atoms with van der Waals surface area (Å²) < 4.78 is 16.1. The van der Waals surface area contributed by atoms with Gasteiger partial charge in [-0.1, -0.05) is 24.3 Å². The zero-order chi connectivity index (χ0) is 29.9. The van der Waals surface area contributed by atoms with Gasteiger partial charge in [-0.05, 0) is 72.3 Å². The van der Waals surface area contributed by atoms with Crippen LogP contribution in [0.15, 0.2) is 103 Å². The summed E-state index contributed by atoms with van der Waals surface area (Å²) in [5.41, 5.74) is 2.56. The van der Waals surface area contributed by atoms with Crippen molar-refractivity contribution in [3.63, 3.8) is 0 Å². The molecule has 1 heterocycles. The first-order valence-electron chi connectivity index (χ1n) is 12.8. The number of pyridine rings is 1. The lowest BCUT2D eigenvalue weighted by molar-refractivity contribution is -0.113. The number of nitrogens with zero attached hydrogens (tertiary/aromatic N) is 1. The lowest BCUT2D eigenvalue weighted by Gasteiger charge is -2.12. The fourth-order valence-corrected chi connectivity index (χ4v) is 3.93. The number of carbonyl (C=O) groups is 3. The number of hydrogen-bond acceptors (Lipinski definition) is 7. The van der Waals surface area contributed by atoms with E-state index in [4.69, 9.17) is 14.2 Å². The van der Waals surface area contributed by atoms with Crippen LogP contribution in [0, 0.1) is 0 Å². The molecular formula is C33H29N3O6. The van der Waals surface area contributed by atoms with Crippen LogP contribution < -0.4 is 24.8 Å². The van der Waals surface area contributed by atoms with Gasteiger partial charge in [-0.2, -0.15) is 0 Å². The molecule has 0 fully saturated rings. The van der Waals surface area contributed by atoms with Gasteiger partial charge in [0.1, 0.15) is 11.4 Å². The highest BCUT2D eigenvalue weighted by atomic mass is 16.5. The second kappa shape index (κ2) is 14.1. The van der Waals surface area contributed by atoms with E-state index in [1.165, 1.54) is 33.5 Å². The summed E-state index contributed by atoms with van der Waals surface area (Å²) in [4.78, 5) is 42.9. The van der Waals surface area contributed by atoms with Crippen molar-refractivity contribution in [3.05, 3.63) is 125 Å². The molecule has 0 atom stereocenters. The van der Waals surface area contributed by atoms with Crippen molar-refractivity contribution in [2.75, 3.05) is 26.6 Å². The van der Waals surface area contributed by atoms with Crippen LogP contribution in [0.2, 0.25) is 0 Å². The first-order chi connectivity index (χ1) is 20.4. The molecule has 9 nitrogen and oxygen atoms in total. The number of benzene rings is 3. The third-order valence-corrected chi connectivity index (χ3v) is 6.10. The van der Waals surface area contributed by atoms with Crippen LogP contribution in [0.1, 0.15) is 31.8 Å². The Morgan fingerprint density at radius 1 is 0.762 bits per heavy atom. The van der Waals surface area contributed by atoms with Gasteiger partial charge in [-0.3, -0.25) is 19.4 Å². The number of nitrogens with one attached hydrogen (secondary N) is 2. The molecule has 9 heteroatoms. The minimum absolute atomic E-state index is 0.0313. The summed E-state index contributed by atoms with van der Waals surface area (Å²) in [6.07, 6.45) is 7.78. The Bertz CT molecular complexity index is 1620. The van der Waals surface area contributed by atoms with Crippen LogP contribution in [-0.2, 0) is 4.79 Å². The number of ether oxygens (including phenoxy) is 3. The minimum Gasteiger partial charge on any atom is -0.496 e. The second-order valence-electron chi connectivity index (χ2n) is 8.84. The zero-order valence-corrected chi connectivity index (χ0v) is 23.3. The molecule has 42 heavy (non-hydrogen) atoms. The van der Waals surface area contributed by atoms with Gasteiger partial charge in [0, 0.05) is 40.8 Å². The van der Waals surface area contributed by atoms with E-state index in [0.717, 1.165) is 0 Å². The molecule has 1 aromatic heterocycles. The van der Waals surface area contributed by atoms with Crippen molar-refractivity contribution in [2.45, 2.75) is 0 Å². The summed E-state index contributed by atoms with van der Waals surface area (Å²) in [6, 6.07) is 21.9. The van der Waals surface area contributed by atoms with Gasteiger partial charge in [-0.25, -0.2) is 0 Å². The molecule has 0 saturated carbocycles. The molecule has 0 aliphatic heterocycles. The van der Waals surface area contributed by atoms with Crippen LogP contribution in [0.25, 0.3) is 12.2 Å². The summed E-state index contributed by atoms with van der Waals surface area (Å²) in [7, 11) is 4.58. The van der Waals surface area contributed by atoms with Crippen molar-refractivity contribution < 1.29 is 28.6 Å².